The normalized spacial score (nSPS) is 12.3. The van der Waals surface area contributed by atoms with E-state index in [2.05, 4.69) is 0 Å². The number of rotatable bonds is 7. The number of hydrogen-bond acceptors (Lipinski definition) is 3. The number of halogens is 2. The number of nitrogens with zero attached hydrogens (tertiary/aromatic N) is 1. The van der Waals surface area contributed by atoms with Gasteiger partial charge in [0.1, 0.15) is 11.6 Å². The van der Waals surface area contributed by atoms with E-state index in [-0.39, 0.29) is 13.0 Å². The molecular formula is C22H25Cl2NO4. The maximum Gasteiger partial charge on any atom is 0.411 e. The number of benzene rings is 2. The SMILES string of the molecule is CC(C)(C)OC(=O)N(Cc1ccccc1)C(CCc1ccc(Cl)c(Cl)c1)C(=O)O. The lowest BCUT2D eigenvalue weighted by atomic mass is 10.0. The topological polar surface area (TPSA) is 66.8 Å². The summed E-state index contributed by atoms with van der Waals surface area (Å²) in [7, 11) is 0. The number of carbonyl (C=O) groups is 2. The van der Waals surface area contributed by atoms with Gasteiger partial charge in [0.25, 0.3) is 0 Å². The summed E-state index contributed by atoms with van der Waals surface area (Å²) in [6, 6.07) is 13.3. The Bertz CT molecular complexity index is 850. The second-order valence-corrected chi connectivity index (χ2v) is 8.55. The van der Waals surface area contributed by atoms with E-state index >= 15 is 0 Å². The average molecular weight is 438 g/mol. The number of carboxylic acids is 1. The first kappa shape index (κ1) is 23.0. The zero-order valence-electron chi connectivity index (χ0n) is 16.7. The van der Waals surface area contributed by atoms with Crippen molar-refractivity contribution < 1.29 is 19.4 Å². The number of ether oxygens (including phenoxy) is 1. The molecule has 0 aliphatic carbocycles. The van der Waals surface area contributed by atoms with Crippen LogP contribution in [0, 0.1) is 0 Å². The Balaban J connectivity index is 2.25. The summed E-state index contributed by atoms with van der Waals surface area (Å²) in [4.78, 5) is 26.1. The second-order valence-electron chi connectivity index (χ2n) is 7.74. The first-order chi connectivity index (χ1) is 13.6. The van der Waals surface area contributed by atoms with Crippen molar-refractivity contribution in [2.75, 3.05) is 0 Å². The van der Waals surface area contributed by atoms with E-state index in [4.69, 9.17) is 27.9 Å². The van der Waals surface area contributed by atoms with E-state index in [1.54, 1.807) is 39.0 Å². The van der Waals surface area contributed by atoms with Gasteiger partial charge in [0.05, 0.1) is 10.0 Å². The van der Waals surface area contributed by atoms with Crippen molar-refractivity contribution in [3.63, 3.8) is 0 Å². The minimum absolute atomic E-state index is 0.133. The van der Waals surface area contributed by atoms with Crippen molar-refractivity contribution in [3.05, 3.63) is 69.7 Å². The molecule has 0 aliphatic heterocycles. The molecule has 0 saturated carbocycles. The van der Waals surface area contributed by atoms with Crippen molar-refractivity contribution in [2.45, 2.75) is 51.8 Å². The van der Waals surface area contributed by atoms with Gasteiger partial charge in [-0.1, -0.05) is 59.6 Å². The van der Waals surface area contributed by atoms with Crippen molar-refractivity contribution in [1.82, 2.24) is 4.90 Å². The largest absolute Gasteiger partial charge is 0.480 e. The lowest BCUT2D eigenvalue weighted by Gasteiger charge is -2.31. The van der Waals surface area contributed by atoms with Gasteiger partial charge in [-0.15, -0.1) is 0 Å². The Hall–Kier alpha value is -2.24. The van der Waals surface area contributed by atoms with Crippen LogP contribution in [0.5, 0.6) is 0 Å². The van der Waals surface area contributed by atoms with Crippen LogP contribution in [-0.4, -0.2) is 33.7 Å². The molecular weight excluding hydrogens is 413 g/mol. The zero-order valence-corrected chi connectivity index (χ0v) is 18.2. The first-order valence-electron chi connectivity index (χ1n) is 9.27. The Morgan fingerprint density at radius 1 is 1.03 bits per heavy atom. The Morgan fingerprint density at radius 3 is 2.24 bits per heavy atom. The quantitative estimate of drug-likeness (QED) is 0.592. The summed E-state index contributed by atoms with van der Waals surface area (Å²) >= 11 is 12.0. The summed E-state index contributed by atoms with van der Waals surface area (Å²) < 4.78 is 5.48. The number of hydrogen-bond donors (Lipinski definition) is 1. The van der Waals surface area contributed by atoms with E-state index in [9.17, 15) is 14.7 Å². The van der Waals surface area contributed by atoms with Gasteiger partial charge in [-0.2, -0.15) is 0 Å². The van der Waals surface area contributed by atoms with Crippen molar-refractivity contribution in [1.29, 1.82) is 0 Å². The number of aliphatic carboxylic acids is 1. The number of amides is 1. The molecule has 29 heavy (non-hydrogen) atoms. The molecule has 7 heteroatoms. The second kappa shape index (κ2) is 9.99. The predicted octanol–water partition coefficient (Wildman–Crippen LogP) is 5.82. The van der Waals surface area contributed by atoms with Crippen LogP contribution < -0.4 is 0 Å². The third-order valence-electron chi connectivity index (χ3n) is 4.18. The van der Waals surface area contributed by atoms with E-state index in [0.29, 0.717) is 16.5 Å². The fourth-order valence-electron chi connectivity index (χ4n) is 2.81. The summed E-state index contributed by atoms with van der Waals surface area (Å²) in [5.41, 5.74) is 0.923. The Kier molecular flexibility index (Phi) is 7.94. The molecule has 2 aromatic rings. The van der Waals surface area contributed by atoms with Gasteiger partial charge in [0.2, 0.25) is 0 Å². The van der Waals surface area contributed by atoms with Crippen LogP contribution in [0.1, 0.15) is 38.3 Å². The number of aryl methyl sites for hydroxylation is 1. The van der Waals surface area contributed by atoms with Crippen molar-refractivity contribution in [3.8, 4) is 0 Å². The summed E-state index contributed by atoms with van der Waals surface area (Å²) in [6.07, 6.45) is -0.0377. The molecule has 0 heterocycles. The van der Waals surface area contributed by atoms with E-state index < -0.39 is 23.7 Å². The number of carbonyl (C=O) groups excluding carboxylic acids is 1. The molecule has 1 amide bonds. The summed E-state index contributed by atoms with van der Waals surface area (Å²) in [5, 5.41) is 10.7. The van der Waals surface area contributed by atoms with Crippen LogP contribution in [0.15, 0.2) is 48.5 Å². The van der Waals surface area contributed by atoms with Gasteiger partial charge in [0.15, 0.2) is 0 Å². The van der Waals surface area contributed by atoms with E-state index in [1.807, 2.05) is 30.3 Å². The molecule has 1 atom stereocenters. The van der Waals surface area contributed by atoms with Crippen LogP contribution in [0.2, 0.25) is 10.0 Å². The monoisotopic (exact) mass is 437 g/mol. The molecule has 0 aromatic heterocycles. The van der Waals surface area contributed by atoms with Crippen LogP contribution >= 0.6 is 23.2 Å². The van der Waals surface area contributed by atoms with Gasteiger partial charge < -0.3 is 9.84 Å². The van der Waals surface area contributed by atoms with E-state index in [0.717, 1.165) is 11.1 Å². The fourth-order valence-corrected chi connectivity index (χ4v) is 3.13. The standard InChI is InChI=1S/C22H25Cl2NO4/c1-22(2,3)29-21(28)25(14-16-7-5-4-6-8-16)19(20(26)27)12-10-15-9-11-17(23)18(24)13-15/h4-9,11,13,19H,10,12,14H2,1-3H3,(H,26,27). The molecule has 156 valence electrons. The fraction of sp³-hybridized carbons (Fsp3) is 0.364. The van der Waals surface area contributed by atoms with Crippen LogP contribution in [0.3, 0.4) is 0 Å². The molecule has 0 spiro atoms. The highest BCUT2D eigenvalue weighted by atomic mass is 35.5. The molecule has 1 N–H and O–H groups in total. The third-order valence-corrected chi connectivity index (χ3v) is 4.91. The number of carboxylic acid groups (broad SMARTS) is 1. The molecule has 0 bridgehead atoms. The highest BCUT2D eigenvalue weighted by Crippen LogP contribution is 2.24. The van der Waals surface area contributed by atoms with E-state index in [1.165, 1.54) is 4.90 Å². The van der Waals surface area contributed by atoms with Crippen LogP contribution in [0.4, 0.5) is 4.79 Å². The zero-order chi connectivity index (χ0) is 21.6. The van der Waals surface area contributed by atoms with Gasteiger partial charge >= 0.3 is 12.1 Å². The molecule has 2 aromatic carbocycles. The molecule has 5 nitrogen and oxygen atoms in total. The van der Waals surface area contributed by atoms with Crippen molar-refractivity contribution in [2.24, 2.45) is 0 Å². The molecule has 0 fully saturated rings. The maximum atomic E-state index is 12.8. The first-order valence-corrected chi connectivity index (χ1v) is 10.0. The molecule has 0 saturated heterocycles. The lowest BCUT2D eigenvalue weighted by molar-refractivity contribution is -0.143. The predicted molar refractivity (Wildman–Crippen MR) is 114 cm³/mol. The van der Waals surface area contributed by atoms with Gasteiger partial charge in [-0.3, -0.25) is 4.90 Å². The maximum absolute atomic E-state index is 12.8. The van der Waals surface area contributed by atoms with Crippen LogP contribution in [0.25, 0.3) is 0 Å². The minimum Gasteiger partial charge on any atom is -0.480 e. The summed E-state index contributed by atoms with van der Waals surface area (Å²) in [5.74, 6) is -1.09. The highest BCUT2D eigenvalue weighted by Gasteiger charge is 2.32. The smallest absolute Gasteiger partial charge is 0.411 e. The lowest BCUT2D eigenvalue weighted by Crippen LogP contribution is -2.47. The third kappa shape index (κ3) is 7.26. The Labute approximate surface area is 181 Å². The highest BCUT2D eigenvalue weighted by molar-refractivity contribution is 6.42. The van der Waals surface area contributed by atoms with Gasteiger partial charge in [0, 0.05) is 6.54 Å². The van der Waals surface area contributed by atoms with Gasteiger partial charge in [-0.25, -0.2) is 9.59 Å². The Morgan fingerprint density at radius 2 is 1.69 bits per heavy atom. The van der Waals surface area contributed by atoms with Crippen LogP contribution in [-0.2, 0) is 22.5 Å². The summed E-state index contributed by atoms with van der Waals surface area (Å²) in [6.45, 7) is 5.37. The average Bonchev–Trinajstić information content (AvgIpc) is 2.63. The molecule has 0 aliphatic rings. The van der Waals surface area contributed by atoms with Crippen molar-refractivity contribution >= 4 is 35.3 Å². The molecule has 0 radical (unpaired) electrons. The van der Waals surface area contributed by atoms with Gasteiger partial charge in [-0.05, 0) is 56.9 Å². The molecule has 1 unspecified atom stereocenters. The molecule has 2 rings (SSSR count). The minimum atomic E-state index is -1.09.